The minimum absolute atomic E-state index is 0.116. The second kappa shape index (κ2) is 8.50. The minimum Gasteiger partial charge on any atom is -0.478 e. The maximum Gasteiger partial charge on any atom is 0.332 e. The van der Waals surface area contributed by atoms with Gasteiger partial charge in [0, 0.05) is 18.1 Å². The fraction of sp³-hybridized carbons (Fsp3) is 0.214. The van der Waals surface area contributed by atoms with E-state index in [-0.39, 0.29) is 30.1 Å². The standard InChI is InChI=1S/C14H14F2N2O4/c1-2-22-13(18-17-8-19)7-10(14(20)21)5-9-3-4-11(15)12(16)6-9/h3-4,6-8H,2,5H2,1H3,(H,17,19)(H,20,21)/b10-7+,18-13+. The Hall–Kier alpha value is -2.77. The Bertz CT molecular complexity index is 615. The maximum absolute atomic E-state index is 13.1. The van der Waals surface area contributed by atoms with Gasteiger partial charge >= 0.3 is 5.97 Å². The molecule has 0 aliphatic heterocycles. The zero-order valence-electron chi connectivity index (χ0n) is 11.7. The van der Waals surface area contributed by atoms with E-state index < -0.39 is 17.6 Å². The van der Waals surface area contributed by atoms with Crippen molar-refractivity contribution in [3.63, 3.8) is 0 Å². The lowest BCUT2D eigenvalue weighted by Crippen LogP contribution is -2.13. The van der Waals surface area contributed by atoms with Crippen molar-refractivity contribution >= 4 is 18.3 Å². The SMILES string of the molecule is CCOC(/C=C(\Cc1ccc(F)c(F)c1)C(=O)O)=N/NC=O. The molecule has 1 aromatic carbocycles. The molecular formula is C14H14F2N2O4. The fourth-order valence-corrected chi connectivity index (χ4v) is 1.55. The highest BCUT2D eigenvalue weighted by Gasteiger charge is 2.12. The van der Waals surface area contributed by atoms with E-state index >= 15 is 0 Å². The number of nitrogens with zero attached hydrogens (tertiary/aromatic N) is 1. The number of halogens is 2. The first-order valence-corrected chi connectivity index (χ1v) is 6.25. The Morgan fingerprint density at radius 1 is 1.41 bits per heavy atom. The van der Waals surface area contributed by atoms with Crippen LogP contribution in [0.4, 0.5) is 8.78 Å². The van der Waals surface area contributed by atoms with Crippen molar-refractivity contribution in [3.05, 3.63) is 47.0 Å². The van der Waals surface area contributed by atoms with Gasteiger partial charge in [-0.2, -0.15) is 0 Å². The molecule has 0 bridgehead atoms. The van der Waals surface area contributed by atoms with Crippen molar-refractivity contribution in [2.45, 2.75) is 13.3 Å². The highest BCUT2D eigenvalue weighted by Crippen LogP contribution is 2.13. The average molecular weight is 312 g/mol. The van der Waals surface area contributed by atoms with Gasteiger partial charge < -0.3 is 9.84 Å². The summed E-state index contributed by atoms with van der Waals surface area (Å²) in [5.74, 6) is -3.47. The van der Waals surface area contributed by atoms with E-state index in [4.69, 9.17) is 9.84 Å². The monoisotopic (exact) mass is 312 g/mol. The van der Waals surface area contributed by atoms with E-state index in [9.17, 15) is 18.4 Å². The molecule has 1 rings (SSSR count). The molecule has 8 heteroatoms. The molecule has 0 saturated heterocycles. The summed E-state index contributed by atoms with van der Waals surface area (Å²) in [6.07, 6.45) is 1.23. The average Bonchev–Trinajstić information content (AvgIpc) is 2.47. The van der Waals surface area contributed by atoms with E-state index in [1.54, 1.807) is 6.92 Å². The maximum atomic E-state index is 13.1. The Balaban J connectivity index is 3.05. The molecule has 0 heterocycles. The summed E-state index contributed by atoms with van der Waals surface area (Å²) >= 11 is 0. The number of ether oxygens (including phenoxy) is 1. The molecule has 0 unspecified atom stereocenters. The number of amides is 1. The molecule has 0 atom stereocenters. The number of hydrogen-bond donors (Lipinski definition) is 2. The Kier molecular flexibility index (Phi) is 6.68. The molecule has 0 fully saturated rings. The van der Waals surface area contributed by atoms with E-state index in [1.165, 1.54) is 6.07 Å². The third kappa shape index (κ3) is 5.31. The third-order valence-corrected chi connectivity index (χ3v) is 2.47. The van der Waals surface area contributed by atoms with Gasteiger partial charge in [0.05, 0.1) is 6.61 Å². The van der Waals surface area contributed by atoms with Crippen LogP contribution in [0.3, 0.4) is 0 Å². The number of aliphatic carboxylic acids is 1. The van der Waals surface area contributed by atoms with Crippen molar-refractivity contribution in [1.29, 1.82) is 0 Å². The summed E-state index contributed by atoms with van der Waals surface area (Å²) < 4.78 is 31.1. The summed E-state index contributed by atoms with van der Waals surface area (Å²) in [7, 11) is 0. The molecule has 0 spiro atoms. The van der Waals surface area contributed by atoms with Crippen LogP contribution in [0.25, 0.3) is 0 Å². The topological polar surface area (TPSA) is 88.0 Å². The number of hydrogen-bond acceptors (Lipinski definition) is 4. The Morgan fingerprint density at radius 3 is 2.68 bits per heavy atom. The van der Waals surface area contributed by atoms with Gasteiger partial charge in [-0.15, -0.1) is 5.10 Å². The molecule has 0 radical (unpaired) electrons. The summed E-state index contributed by atoms with van der Waals surface area (Å²) in [4.78, 5) is 21.4. The Morgan fingerprint density at radius 2 is 2.14 bits per heavy atom. The van der Waals surface area contributed by atoms with Crippen molar-refractivity contribution in [3.8, 4) is 0 Å². The quantitative estimate of drug-likeness (QED) is 0.263. The van der Waals surface area contributed by atoms with Crippen LogP contribution in [0.5, 0.6) is 0 Å². The first kappa shape index (κ1) is 17.3. The highest BCUT2D eigenvalue weighted by molar-refractivity contribution is 5.98. The van der Waals surface area contributed by atoms with Gasteiger partial charge in [0.2, 0.25) is 12.3 Å². The minimum atomic E-state index is -1.27. The number of carboxylic acid groups (broad SMARTS) is 1. The van der Waals surface area contributed by atoms with E-state index in [1.807, 2.05) is 5.43 Å². The summed E-state index contributed by atoms with van der Waals surface area (Å²) in [6, 6.07) is 3.10. The van der Waals surface area contributed by atoms with Crippen molar-refractivity contribution in [2.75, 3.05) is 6.61 Å². The highest BCUT2D eigenvalue weighted by atomic mass is 19.2. The van der Waals surface area contributed by atoms with Gasteiger partial charge in [-0.3, -0.25) is 4.79 Å². The van der Waals surface area contributed by atoms with Crippen LogP contribution < -0.4 is 5.43 Å². The van der Waals surface area contributed by atoms with Crippen LogP contribution in [0.2, 0.25) is 0 Å². The zero-order chi connectivity index (χ0) is 16.5. The van der Waals surface area contributed by atoms with Gasteiger partial charge in [0.25, 0.3) is 0 Å². The molecule has 22 heavy (non-hydrogen) atoms. The molecule has 0 aliphatic carbocycles. The molecule has 0 aromatic heterocycles. The van der Waals surface area contributed by atoms with Crippen molar-refractivity contribution < 1.29 is 28.2 Å². The van der Waals surface area contributed by atoms with Crippen LogP contribution in [0.1, 0.15) is 12.5 Å². The number of carboxylic acids is 1. The lowest BCUT2D eigenvalue weighted by Gasteiger charge is -2.06. The predicted molar refractivity (Wildman–Crippen MR) is 74.0 cm³/mol. The normalized spacial score (nSPS) is 12.0. The lowest BCUT2D eigenvalue weighted by atomic mass is 10.0. The van der Waals surface area contributed by atoms with Gasteiger partial charge in [0.1, 0.15) is 0 Å². The van der Waals surface area contributed by atoms with Crippen molar-refractivity contribution in [1.82, 2.24) is 5.43 Å². The first-order valence-electron chi connectivity index (χ1n) is 6.25. The zero-order valence-corrected chi connectivity index (χ0v) is 11.7. The molecular weight excluding hydrogens is 298 g/mol. The largest absolute Gasteiger partial charge is 0.478 e. The lowest BCUT2D eigenvalue weighted by molar-refractivity contribution is -0.132. The van der Waals surface area contributed by atoms with Gasteiger partial charge in [-0.05, 0) is 24.6 Å². The summed E-state index contributed by atoms with van der Waals surface area (Å²) in [5, 5.41) is 12.7. The number of carbonyl (C=O) groups is 2. The van der Waals surface area contributed by atoms with Crippen LogP contribution in [0.15, 0.2) is 34.9 Å². The van der Waals surface area contributed by atoms with Crippen molar-refractivity contribution in [2.24, 2.45) is 5.10 Å². The molecule has 0 aliphatic rings. The number of nitrogens with one attached hydrogen (secondary N) is 1. The molecule has 6 nitrogen and oxygen atoms in total. The third-order valence-electron chi connectivity index (χ3n) is 2.47. The van der Waals surface area contributed by atoms with Gasteiger partial charge in [0.15, 0.2) is 11.6 Å². The second-order valence-electron chi connectivity index (χ2n) is 4.03. The number of benzene rings is 1. The van der Waals surface area contributed by atoms with E-state index in [0.29, 0.717) is 6.41 Å². The molecule has 2 N–H and O–H groups in total. The summed E-state index contributed by atoms with van der Waals surface area (Å²) in [6.45, 7) is 1.86. The van der Waals surface area contributed by atoms with Crippen LogP contribution in [-0.2, 0) is 20.7 Å². The summed E-state index contributed by atoms with van der Waals surface area (Å²) in [5.41, 5.74) is 2.10. The fourth-order valence-electron chi connectivity index (χ4n) is 1.55. The van der Waals surface area contributed by atoms with E-state index in [0.717, 1.165) is 18.2 Å². The molecule has 1 aromatic rings. The molecule has 1 amide bonds. The van der Waals surface area contributed by atoms with Gasteiger partial charge in [-0.1, -0.05) is 6.07 Å². The number of hydrazone groups is 1. The molecule has 0 saturated carbocycles. The van der Waals surface area contributed by atoms with Gasteiger partial charge in [-0.25, -0.2) is 19.0 Å². The number of rotatable bonds is 7. The molecule has 118 valence electrons. The smallest absolute Gasteiger partial charge is 0.332 e. The Labute approximate surface area is 125 Å². The first-order chi connectivity index (χ1) is 10.5. The van der Waals surface area contributed by atoms with Crippen LogP contribution >= 0.6 is 0 Å². The van der Waals surface area contributed by atoms with Crippen LogP contribution in [0, 0.1) is 11.6 Å². The van der Waals surface area contributed by atoms with Crippen LogP contribution in [-0.4, -0.2) is 30.0 Å². The second-order valence-corrected chi connectivity index (χ2v) is 4.03. The number of carbonyl (C=O) groups excluding carboxylic acids is 1. The van der Waals surface area contributed by atoms with E-state index in [2.05, 4.69) is 5.10 Å². The predicted octanol–water partition coefficient (Wildman–Crippen LogP) is 1.61.